The van der Waals surface area contributed by atoms with Crippen LogP contribution in [0.15, 0.2) is 11.0 Å². The maximum absolute atomic E-state index is 13.5. The molecule has 3 heterocycles. The Hall–Kier alpha value is -3.30. The number of nitrogens with zero attached hydrogens (tertiary/aromatic N) is 4. The number of esters is 2. The standard InChI is InChI=1S/C18H20F5N5O6/c1-3-11(30)33-12-6-10(32-8(2)29)14(34-12)28-13-9(7-25-15(24)26-13)27(16(28)31)5-4-17(19,20)18(21,22)23/h7,10,12,14H,3-6H2,1-2H3,(H2,24,25,26)/t10-,12-,14-/m1/s1. The van der Waals surface area contributed by atoms with Crippen LogP contribution in [0.3, 0.4) is 0 Å². The van der Waals surface area contributed by atoms with Crippen molar-refractivity contribution in [2.75, 3.05) is 5.73 Å². The number of fused-ring (bicyclic) bond motifs is 1. The zero-order valence-electron chi connectivity index (χ0n) is 17.8. The summed E-state index contributed by atoms with van der Waals surface area (Å²) < 4.78 is 82.0. The lowest BCUT2D eigenvalue weighted by molar-refractivity contribution is -0.285. The van der Waals surface area contributed by atoms with Gasteiger partial charge >= 0.3 is 29.7 Å². The third-order valence-electron chi connectivity index (χ3n) is 4.95. The summed E-state index contributed by atoms with van der Waals surface area (Å²) in [7, 11) is 0. The number of nitrogen functional groups attached to an aromatic ring is 1. The zero-order chi connectivity index (χ0) is 25.4. The van der Waals surface area contributed by atoms with Gasteiger partial charge in [0.25, 0.3) is 0 Å². The highest BCUT2D eigenvalue weighted by molar-refractivity contribution is 5.72. The number of ether oxygens (including phenoxy) is 3. The summed E-state index contributed by atoms with van der Waals surface area (Å²) in [6.45, 7) is 1.54. The maximum Gasteiger partial charge on any atom is 0.453 e. The molecule has 3 rings (SSSR count). The highest BCUT2D eigenvalue weighted by Crippen LogP contribution is 2.39. The fraction of sp³-hybridized carbons (Fsp3) is 0.611. The Morgan fingerprint density at radius 2 is 1.94 bits per heavy atom. The fourth-order valence-electron chi connectivity index (χ4n) is 3.37. The van der Waals surface area contributed by atoms with E-state index in [-0.39, 0.29) is 30.0 Å². The van der Waals surface area contributed by atoms with Crippen molar-refractivity contribution in [2.24, 2.45) is 0 Å². The molecule has 16 heteroatoms. The van der Waals surface area contributed by atoms with Crippen molar-refractivity contribution in [1.29, 1.82) is 0 Å². The van der Waals surface area contributed by atoms with Gasteiger partial charge < -0.3 is 19.9 Å². The number of aryl methyl sites for hydroxylation is 1. The van der Waals surface area contributed by atoms with Crippen molar-refractivity contribution in [3.8, 4) is 0 Å². The van der Waals surface area contributed by atoms with Crippen LogP contribution in [0.5, 0.6) is 0 Å². The largest absolute Gasteiger partial charge is 0.457 e. The lowest BCUT2D eigenvalue weighted by Gasteiger charge is -2.20. The number of rotatable bonds is 7. The Morgan fingerprint density at radius 1 is 1.26 bits per heavy atom. The summed E-state index contributed by atoms with van der Waals surface area (Å²) in [4.78, 5) is 43.9. The van der Waals surface area contributed by atoms with E-state index in [2.05, 4.69) is 9.97 Å². The molecule has 1 saturated heterocycles. The van der Waals surface area contributed by atoms with E-state index < -0.39 is 61.3 Å². The van der Waals surface area contributed by atoms with E-state index >= 15 is 0 Å². The number of nitrogens with two attached hydrogens (primary N) is 1. The molecule has 1 aliphatic heterocycles. The second-order valence-corrected chi connectivity index (χ2v) is 7.38. The first-order valence-corrected chi connectivity index (χ1v) is 9.95. The van der Waals surface area contributed by atoms with E-state index in [0.717, 1.165) is 17.7 Å². The number of imidazole rings is 1. The molecule has 2 aromatic heterocycles. The van der Waals surface area contributed by atoms with Gasteiger partial charge in [0.05, 0.1) is 12.6 Å². The van der Waals surface area contributed by atoms with Gasteiger partial charge in [-0.2, -0.15) is 26.9 Å². The summed E-state index contributed by atoms with van der Waals surface area (Å²) in [5.74, 6) is -6.83. The summed E-state index contributed by atoms with van der Waals surface area (Å²) in [5.41, 5.74) is 3.99. The molecule has 2 aromatic rings. The third-order valence-corrected chi connectivity index (χ3v) is 4.95. The smallest absolute Gasteiger partial charge is 0.453 e. The number of halogens is 5. The topological polar surface area (TPSA) is 141 Å². The molecule has 0 unspecified atom stereocenters. The van der Waals surface area contributed by atoms with Gasteiger partial charge in [0.1, 0.15) is 5.52 Å². The first kappa shape index (κ1) is 25.3. The average molecular weight is 497 g/mol. The van der Waals surface area contributed by atoms with Crippen molar-refractivity contribution in [3.63, 3.8) is 0 Å². The van der Waals surface area contributed by atoms with Gasteiger partial charge in [-0.3, -0.25) is 14.2 Å². The van der Waals surface area contributed by atoms with Crippen LogP contribution in [0.1, 0.15) is 39.3 Å². The van der Waals surface area contributed by atoms with Gasteiger partial charge in [0.2, 0.25) is 12.2 Å². The van der Waals surface area contributed by atoms with Crippen LogP contribution in [-0.2, 0) is 30.3 Å². The summed E-state index contributed by atoms with van der Waals surface area (Å²) in [5, 5.41) is 0. The minimum Gasteiger partial charge on any atom is -0.457 e. The Labute approximate surface area is 187 Å². The molecule has 0 saturated carbocycles. The summed E-state index contributed by atoms with van der Waals surface area (Å²) in [6, 6.07) is 0. The van der Waals surface area contributed by atoms with E-state index in [0.29, 0.717) is 4.57 Å². The molecule has 0 bridgehead atoms. The average Bonchev–Trinajstić information content (AvgIpc) is 3.21. The Kier molecular flexibility index (Phi) is 6.82. The van der Waals surface area contributed by atoms with Crippen molar-refractivity contribution < 1.29 is 45.8 Å². The Morgan fingerprint density at radius 3 is 2.53 bits per heavy atom. The summed E-state index contributed by atoms with van der Waals surface area (Å²) in [6.07, 6.45) is -10.6. The normalized spacial score (nSPS) is 21.1. The number of alkyl halides is 5. The number of carbonyl (C=O) groups excluding carboxylic acids is 2. The summed E-state index contributed by atoms with van der Waals surface area (Å²) >= 11 is 0. The van der Waals surface area contributed by atoms with Crippen molar-refractivity contribution in [2.45, 2.75) is 70.4 Å². The zero-order valence-corrected chi connectivity index (χ0v) is 17.8. The van der Waals surface area contributed by atoms with E-state index in [9.17, 15) is 36.3 Å². The number of aromatic nitrogens is 4. The van der Waals surface area contributed by atoms with Gasteiger partial charge in [-0.05, 0) is 0 Å². The van der Waals surface area contributed by atoms with Crippen LogP contribution < -0.4 is 11.4 Å². The van der Waals surface area contributed by atoms with Crippen LogP contribution in [-0.4, -0.2) is 55.5 Å². The second-order valence-electron chi connectivity index (χ2n) is 7.38. The fourth-order valence-corrected chi connectivity index (χ4v) is 3.37. The van der Waals surface area contributed by atoms with E-state index in [1.807, 2.05) is 0 Å². The van der Waals surface area contributed by atoms with Crippen LogP contribution in [0.25, 0.3) is 11.2 Å². The Balaban J connectivity index is 2.06. The van der Waals surface area contributed by atoms with Crippen molar-refractivity contribution >= 4 is 29.1 Å². The van der Waals surface area contributed by atoms with E-state index in [1.54, 1.807) is 0 Å². The molecule has 34 heavy (non-hydrogen) atoms. The molecule has 3 atom stereocenters. The SMILES string of the molecule is CCC(=O)O[C@H]1C[C@@H](OC(C)=O)[C@H](n2c(=O)n(CCC(F)(F)C(F)(F)F)c3cnc(N)nc32)O1. The van der Waals surface area contributed by atoms with Gasteiger partial charge in [0.15, 0.2) is 18.0 Å². The number of hydrogen-bond donors (Lipinski definition) is 1. The minimum absolute atomic E-state index is 0.000803. The van der Waals surface area contributed by atoms with Crippen LogP contribution in [0, 0.1) is 0 Å². The Bertz CT molecular complexity index is 1150. The van der Waals surface area contributed by atoms with Crippen LogP contribution in [0.4, 0.5) is 27.9 Å². The van der Waals surface area contributed by atoms with Gasteiger partial charge in [-0.15, -0.1) is 0 Å². The lowest BCUT2D eigenvalue weighted by atomic mass is 10.2. The molecule has 0 aliphatic carbocycles. The predicted molar refractivity (Wildman–Crippen MR) is 102 cm³/mol. The molecular weight excluding hydrogens is 477 g/mol. The molecule has 188 valence electrons. The van der Waals surface area contributed by atoms with Crippen LogP contribution in [0.2, 0.25) is 0 Å². The highest BCUT2D eigenvalue weighted by Gasteiger charge is 2.57. The second kappa shape index (κ2) is 9.15. The molecular formula is C18H20F5N5O6. The molecule has 0 aromatic carbocycles. The van der Waals surface area contributed by atoms with E-state index in [1.165, 1.54) is 6.92 Å². The third kappa shape index (κ3) is 4.95. The van der Waals surface area contributed by atoms with E-state index in [4.69, 9.17) is 19.9 Å². The van der Waals surface area contributed by atoms with Crippen LogP contribution >= 0.6 is 0 Å². The molecule has 0 amide bonds. The van der Waals surface area contributed by atoms with Gasteiger partial charge in [0, 0.05) is 26.3 Å². The molecule has 2 N–H and O–H groups in total. The van der Waals surface area contributed by atoms with Gasteiger partial charge in [-0.1, -0.05) is 6.92 Å². The first-order valence-electron chi connectivity index (χ1n) is 9.95. The highest BCUT2D eigenvalue weighted by atomic mass is 19.4. The molecule has 11 nitrogen and oxygen atoms in total. The monoisotopic (exact) mass is 497 g/mol. The molecule has 1 fully saturated rings. The predicted octanol–water partition coefficient (Wildman–Crippen LogP) is 1.89. The number of anilines is 1. The first-order chi connectivity index (χ1) is 15.7. The lowest BCUT2D eigenvalue weighted by Crippen LogP contribution is -2.39. The van der Waals surface area contributed by atoms with Crippen molar-refractivity contribution in [1.82, 2.24) is 19.1 Å². The number of carbonyl (C=O) groups is 2. The van der Waals surface area contributed by atoms with Gasteiger partial charge in [-0.25, -0.2) is 14.3 Å². The molecule has 0 spiro atoms. The maximum atomic E-state index is 13.5. The molecule has 0 radical (unpaired) electrons. The quantitative estimate of drug-likeness (QED) is 0.448. The minimum atomic E-state index is -5.82. The molecule has 1 aliphatic rings. The van der Waals surface area contributed by atoms with Crippen molar-refractivity contribution in [3.05, 3.63) is 16.7 Å². The number of hydrogen-bond acceptors (Lipinski definition) is 9.